The molecule has 0 atom stereocenters. The maximum atomic E-state index is 6.30. The molecular weight excluding hydrogens is 387 g/mol. The van der Waals surface area contributed by atoms with Gasteiger partial charge in [-0.15, -0.1) is 0 Å². The minimum atomic E-state index is 0.556. The molecule has 0 amide bonds. The minimum Gasteiger partial charge on any atom is -0.236 e. The van der Waals surface area contributed by atoms with Gasteiger partial charge in [0.1, 0.15) is 10.3 Å². The summed E-state index contributed by atoms with van der Waals surface area (Å²) in [5.74, 6) is 0. The Kier molecular flexibility index (Phi) is 7.93. The largest absolute Gasteiger partial charge is 0.236 e. The highest BCUT2D eigenvalue weighted by Crippen LogP contribution is 2.34. The van der Waals surface area contributed by atoms with E-state index in [1.807, 2.05) is 12.1 Å². The van der Waals surface area contributed by atoms with E-state index < -0.39 is 0 Å². The molecule has 0 aliphatic carbocycles. The number of hydrogen-bond donors (Lipinski definition) is 0. The first kappa shape index (κ1) is 21.3. The van der Waals surface area contributed by atoms with Crippen LogP contribution in [0.15, 0.2) is 24.3 Å². The van der Waals surface area contributed by atoms with Crippen molar-refractivity contribution in [2.75, 3.05) is 0 Å². The highest BCUT2D eigenvalue weighted by atomic mass is 35.5. The topological polar surface area (TPSA) is 25.8 Å². The predicted octanol–water partition coefficient (Wildman–Crippen LogP) is 8.34. The SMILES string of the molecule is CCCCCCc1c(CCCCCC)c2nc(Cl)ccc2c2ccc(Cl)nc12. The van der Waals surface area contributed by atoms with Gasteiger partial charge < -0.3 is 0 Å². The summed E-state index contributed by atoms with van der Waals surface area (Å²) < 4.78 is 0. The number of fused-ring (bicyclic) bond motifs is 3. The number of nitrogens with zero attached hydrogens (tertiary/aromatic N) is 2. The van der Waals surface area contributed by atoms with E-state index >= 15 is 0 Å². The number of hydrogen-bond acceptors (Lipinski definition) is 2. The lowest BCUT2D eigenvalue weighted by molar-refractivity contribution is 0.653. The van der Waals surface area contributed by atoms with Gasteiger partial charge in [0.25, 0.3) is 0 Å². The van der Waals surface area contributed by atoms with Crippen molar-refractivity contribution in [2.24, 2.45) is 0 Å². The summed E-state index contributed by atoms with van der Waals surface area (Å²) in [6.45, 7) is 4.50. The molecule has 0 radical (unpaired) electrons. The Balaban J connectivity index is 2.14. The zero-order valence-corrected chi connectivity index (χ0v) is 18.5. The molecule has 0 unspecified atom stereocenters. The van der Waals surface area contributed by atoms with Gasteiger partial charge in [0, 0.05) is 10.8 Å². The first-order valence-electron chi connectivity index (χ1n) is 10.7. The van der Waals surface area contributed by atoms with Gasteiger partial charge in [-0.25, -0.2) is 9.97 Å². The van der Waals surface area contributed by atoms with Crippen molar-refractivity contribution in [3.63, 3.8) is 0 Å². The third kappa shape index (κ3) is 4.96. The van der Waals surface area contributed by atoms with Gasteiger partial charge in [0.15, 0.2) is 0 Å². The van der Waals surface area contributed by atoms with Crippen molar-refractivity contribution < 1.29 is 0 Å². The van der Waals surface area contributed by atoms with Crippen LogP contribution in [0.2, 0.25) is 10.3 Å². The quantitative estimate of drug-likeness (QED) is 0.188. The van der Waals surface area contributed by atoms with Crippen LogP contribution in [0, 0.1) is 0 Å². The highest BCUT2D eigenvalue weighted by Gasteiger charge is 2.17. The van der Waals surface area contributed by atoms with E-state index in [0.717, 1.165) is 34.6 Å². The molecule has 0 saturated carbocycles. The Morgan fingerprint density at radius 1 is 0.607 bits per heavy atom. The summed E-state index contributed by atoms with van der Waals surface area (Å²) >= 11 is 12.6. The van der Waals surface area contributed by atoms with Gasteiger partial charge >= 0.3 is 0 Å². The maximum Gasteiger partial charge on any atom is 0.129 e. The number of pyridine rings is 2. The molecule has 3 rings (SSSR count). The molecule has 0 aliphatic rings. The standard InChI is InChI=1S/C24H30Cl2N2/c1-3-5-7-9-11-17-18(12-10-8-6-4-2)24-20(14-16-22(26)28-24)19-13-15-21(25)27-23(17)19/h13-16H,3-12H2,1-2H3. The van der Waals surface area contributed by atoms with E-state index in [1.165, 1.54) is 62.5 Å². The molecule has 0 saturated heterocycles. The van der Waals surface area contributed by atoms with Crippen molar-refractivity contribution in [2.45, 2.75) is 78.1 Å². The van der Waals surface area contributed by atoms with E-state index in [4.69, 9.17) is 33.2 Å². The molecule has 150 valence electrons. The van der Waals surface area contributed by atoms with Crippen molar-refractivity contribution in [1.82, 2.24) is 9.97 Å². The molecule has 0 fully saturated rings. The van der Waals surface area contributed by atoms with Crippen LogP contribution >= 0.6 is 23.2 Å². The van der Waals surface area contributed by atoms with E-state index in [2.05, 4.69) is 26.0 Å². The molecule has 3 aromatic rings. The van der Waals surface area contributed by atoms with Crippen molar-refractivity contribution in [1.29, 1.82) is 0 Å². The summed E-state index contributed by atoms with van der Waals surface area (Å²) in [5.41, 5.74) is 4.75. The summed E-state index contributed by atoms with van der Waals surface area (Å²) in [7, 11) is 0. The van der Waals surface area contributed by atoms with Crippen LogP contribution in [0.3, 0.4) is 0 Å². The molecule has 0 bridgehead atoms. The Labute approximate surface area is 178 Å². The number of aromatic nitrogens is 2. The monoisotopic (exact) mass is 416 g/mol. The summed E-state index contributed by atoms with van der Waals surface area (Å²) in [4.78, 5) is 9.51. The average molecular weight is 417 g/mol. The molecule has 4 heteroatoms. The van der Waals surface area contributed by atoms with Crippen LogP contribution in [-0.4, -0.2) is 9.97 Å². The second kappa shape index (κ2) is 10.4. The fraction of sp³-hybridized carbons (Fsp3) is 0.500. The fourth-order valence-corrected chi connectivity index (χ4v) is 4.34. The molecule has 1 aromatic carbocycles. The third-order valence-corrected chi connectivity index (χ3v) is 5.93. The molecule has 2 aromatic heterocycles. The molecular formula is C24H30Cl2N2. The van der Waals surface area contributed by atoms with Crippen LogP contribution in [0.5, 0.6) is 0 Å². The van der Waals surface area contributed by atoms with Crippen molar-refractivity contribution >= 4 is 45.0 Å². The van der Waals surface area contributed by atoms with Crippen LogP contribution in [-0.2, 0) is 12.8 Å². The number of aryl methyl sites for hydroxylation is 2. The number of halogens is 2. The second-order valence-corrected chi connectivity index (χ2v) is 8.41. The van der Waals surface area contributed by atoms with E-state index in [1.54, 1.807) is 0 Å². The Morgan fingerprint density at radius 2 is 1.04 bits per heavy atom. The fourth-order valence-electron chi connectivity index (χ4n) is 4.05. The van der Waals surface area contributed by atoms with E-state index in [0.29, 0.717) is 10.3 Å². The molecule has 2 nitrogen and oxygen atoms in total. The summed E-state index contributed by atoms with van der Waals surface area (Å²) in [5, 5.41) is 3.37. The first-order valence-corrected chi connectivity index (χ1v) is 11.5. The smallest absolute Gasteiger partial charge is 0.129 e. The van der Waals surface area contributed by atoms with Gasteiger partial charge in [-0.2, -0.15) is 0 Å². The normalized spacial score (nSPS) is 11.6. The van der Waals surface area contributed by atoms with Crippen molar-refractivity contribution in [3.05, 3.63) is 45.7 Å². The Hall–Kier alpha value is -1.38. The lowest BCUT2D eigenvalue weighted by atomic mass is 9.91. The molecule has 2 heterocycles. The summed E-state index contributed by atoms with van der Waals surface area (Å²) in [6, 6.07) is 7.91. The van der Waals surface area contributed by atoms with Gasteiger partial charge in [-0.05, 0) is 61.1 Å². The lowest BCUT2D eigenvalue weighted by Gasteiger charge is -2.17. The first-order chi connectivity index (χ1) is 13.7. The van der Waals surface area contributed by atoms with Gasteiger partial charge in [0.2, 0.25) is 0 Å². The van der Waals surface area contributed by atoms with E-state index in [9.17, 15) is 0 Å². The highest BCUT2D eigenvalue weighted by molar-refractivity contribution is 6.30. The predicted molar refractivity (Wildman–Crippen MR) is 123 cm³/mol. The number of unbranched alkanes of at least 4 members (excludes halogenated alkanes) is 6. The Bertz CT molecular complexity index is 860. The molecule has 0 N–H and O–H groups in total. The number of rotatable bonds is 10. The van der Waals surface area contributed by atoms with Gasteiger partial charge in [-0.1, -0.05) is 75.6 Å². The number of benzene rings is 1. The van der Waals surface area contributed by atoms with Gasteiger partial charge in [0.05, 0.1) is 11.0 Å². The second-order valence-electron chi connectivity index (χ2n) is 7.64. The lowest BCUT2D eigenvalue weighted by Crippen LogP contribution is -2.02. The minimum absolute atomic E-state index is 0.556. The maximum absolute atomic E-state index is 6.30. The molecule has 0 aliphatic heterocycles. The van der Waals surface area contributed by atoms with Gasteiger partial charge in [-0.3, -0.25) is 0 Å². The summed E-state index contributed by atoms with van der Waals surface area (Å²) in [6.07, 6.45) is 11.9. The zero-order chi connectivity index (χ0) is 19.9. The van der Waals surface area contributed by atoms with Crippen molar-refractivity contribution in [3.8, 4) is 0 Å². The van der Waals surface area contributed by atoms with Crippen LogP contribution in [0.1, 0.15) is 76.3 Å². The third-order valence-electron chi connectivity index (χ3n) is 5.51. The zero-order valence-electron chi connectivity index (χ0n) is 17.0. The molecule has 0 spiro atoms. The van der Waals surface area contributed by atoms with Crippen LogP contribution < -0.4 is 0 Å². The average Bonchev–Trinajstić information content (AvgIpc) is 2.69. The van der Waals surface area contributed by atoms with E-state index in [-0.39, 0.29) is 0 Å². The Morgan fingerprint density at radius 3 is 1.43 bits per heavy atom. The molecule has 28 heavy (non-hydrogen) atoms. The van der Waals surface area contributed by atoms with Crippen LogP contribution in [0.4, 0.5) is 0 Å². The van der Waals surface area contributed by atoms with Crippen LogP contribution in [0.25, 0.3) is 21.8 Å².